The maximum atomic E-state index is 6.68. The predicted molar refractivity (Wildman–Crippen MR) is 119 cm³/mol. The van der Waals surface area contributed by atoms with Gasteiger partial charge in [-0.05, 0) is 54.3 Å². The molecule has 0 N–H and O–H groups in total. The fourth-order valence-corrected chi connectivity index (χ4v) is 7.53. The third-order valence-electron chi connectivity index (χ3n) is 5.18. The monoisotopic (exact) mass is 378 g/mol. The van der Waals surface area contributed by atoms with Gasteiger partial charge in [0.2, 0.25) is 0 Å². The van der Waals surface area contributed by atoms with Crippen molar-refractivity contribution in [1.82, 2.24) is 0 Å². The number of halogens is 1. The first-order chi connectivity index (χ1) is 12.5. The average Bonchev–Trinajstić information content (AvgIpc) is 2.64. The van der Waals surface area contributed by atoms with E-state index in [0.29, 0.717) is 0 Å². The van der Waals surface area contributed by atoms with Gasteiger partial charge in [-0.2, -0.15) is 0 Å². The predicted octanol–water partition coefficient (Wildman–Crippen LogP) is 4.33. The van der Waals surface area contributed by atoms with Gasteiger partial charge >= 0.3 is 0 Å². The fraction of sp³-hybridized carbons (Fsp3) is 0.250. The average molecular weight is 379 g/mol. The van der Waals surface area contributed by atoms with Crippen LogP contribution in [0.1, 0.15) is 36.1 Å². The van der Waals surface area contributed by atoms with Crippen LogP contribution in [0.4, 0.5) is 0 Å². The van der Waals surface area contributed by atoms with Crippen molar-refractivity contribution in [3.05, 3.63) is 87.9 Å². The molecule has 0 bridgehead atoms. The van der Waals surface area contributed by atoms with Crippen LogP contribution in [0.15, 0.2) is 60.7 Å². The molecule has 0 aliphatic rings. The highest BCUT2D eigenvalue weighted by Crippen LogP contribution is 2.12. The van der Waals surface area contributed by atoms with Crippen LogP contribution >= 0.6 is 11.6 Å². The third kappa shape index (κ3) is 3.95. The highest BCUT2D eigenvalue weighted by Gasteiger charge is 2.23. The zero-order chi connectivity index (χ0) is 18.7. The minimum absolute atomic E-state index is 0.893. The molecule has 26 heavy (non-hydrogen) atoms. The molecular weight excluding hydrogens is 352 g/mol. The van der Waals surface area contributed by atoms with Crippen molar-refractivity contribution in [2.75, 3.05) is 0 Å². The topological polar surface area (TPSA) is 0 Å². The molecule has 0 heterocycles. The maximum Gasteiger partial charge on any atom is 0.135 e. The summed E-state index contributed by atoms with van der Waals surface area (Å²) in [6.07, 6.45) is 2.13. The SMILES string of the molecule is CCc1cc(CC)cc([SiH](c2ccc(C)cc2C)c2ccccc2Cl)c1. The minimum Gasteiger partial charge on any atom is -0.0845 e. The van der Waals surface area contributed by atoms with Crippen molar-refractivity contribution < 1.29 is 0 Å². The van der Waals surface area contributed by atoms with E-state index in [-0.39, 0.29) is 0 Å². The summed E-state index contributed by atoms with van der Waals surface area (Å²) in [5.41, 5.74) is 5.54. The van der Waals surface area contributed by atoms with Gasteiger partial charge in [0.05, 0.1) is 0 Å². The van der Waals surface area contributed by atoms with Gasteiger partial charge in [-0.1, -0.05) is 96.4 Å². The lowest BCUT2D eigenvalue weighted by atomic mass is 10.1. The first-order valence-electron chi connectivity index (χ1n) is 9.47. The third-order valence-corrected chi connectivity index (χ3v) is 9.10. The summed E-state index contributed by atoms with van der Waals surface area (Å²) < 4.78 is 0. The molecule has 2 heteroatoms. The summed E-state index contributed by atoms with van der Waals surface area (Å²) >= 11 is 6.68. The number of aryl methyl sites for hydroxylation is 4. The van der Waals surface area contributed by atoms with Gasteiger partial charge in [0.15, 0.2) is 0 Å². The number of rotatable bonds is 5. The first-order valence-corrected chi connectivity index (χ1v) is 11.6. The van der Waals surface area contributed by atoms with Crippen molar-refractivity contribution >= 4 is 36.0 Å². The maximum absolute atomic E-state index is 6.68. The van der Waals surface area contributed by atoms with Crippen LogP contribution in [-0.4, -0.2) is 8.80 Å². The Bertz CT molecular complexity index is 892. The van der Waals surface area contributed by atoms with Crippen LogP contribution in [-0.2, 0) is 12.8 Å². The van der Waals surface area contributed by atoms with Gasteiger partial charge in [0, 0.05) is 5.02 Å². The molecule has 0 nitrogen and oxygen atoms in total. The Morgan fingerprint density at radius 2 is 1.42 bits per heavy atom. The molecule has 0 spiro atoms. The molecule has 0 aromatic heterocycles. The van der Waals surface area contributed by atoms with Gasteiger partial charge in [0.25, 0.3) is 0 Å². The van der Waals surface area contributed by atoms with Crippen LogP contribution in [0, 0.1) is 13.8 Å². The quantitative estimate of drug-likeness (QED) is 0.458. The Labute approximate surface area is 164 Å². The molecule has 0 aliphatic heterocycles. The van der Waals surface area contributed by atoms with Crippen molar-refractivity contribution in [1.29, 1.82) is 0 Å². The van der Waals surface area contributed by atoms with E-state index < -0.39 is 8.80 Å². The molecule has 1 unspecified atom stereocenters. The zero-order valence-corrected chi connectivity index (χ0v) is 18.1. The van der Waals surface area contributed by atoms with Crippen LogP contribution < -0.4 is 15.6 Å². The Morgan fingerprint density at radius 3 is 2.00 bits per heavy atom. The van der Waals surface area contributed by atoms with E-state index in [9.17, 15) is 0 Å². The Kier molecular flexibility index (Phi) is 6.00. The van der Waals surface area contributed by atoms with E-state index in [2.05, 4.69) is 76.2 Å². The van der Waals surface area contributed by atoms with E-state index in [1.807, 2.05) is 12.1 Å². The van der Waals surface area contributed by atoms with E-state index in [4.69, 9.17) is 11.6 Å². The molecule has 0 saturated carbocycles. The summed E-state index contributed by atoms with van der Waals surface area (Å²) in [6.45, 7) is 8.88. The molecule has 3 rings (SSSR count). The van der Waals surface area contributed by atoms with Crippen LogP contribution in [0.25, 0.3) is 0 Å². The summed E-state index contributed by atoms with van der Waals surface area (Å²) in [6, 6.07) is 22.5. The molecule has 3 aromatic carbocycles. The molecule has 0 aliphatic carbocycles. The van der Waals surface area contributed by atoms with E-state index >= 15 is 0 Å². The molecule has 0 radical (unpaired) electrons. The van der Waals surface area contributed by atoms with E-state index in [0.717, 1.165) is 17.9 Å². The van der Waals surface area contributed by atoms with Gasteiger partial charge in [-0.3, -0.25) is 0 Å². The van der Waals surface area contributed by atoms with Gasteiger partial charge in [-0.15, -0.1) is 0 Å². The highest BCUT2D eigenvalue weighted by molar-refractivity contribution is 6.96. The number of benzene rings is 3. The summed E-state index contributed by atoms with van der Waals surface area (Å²) in [4.78, 5) is 0. The van der Waals surface area contributed by atoms with E-state index in [1.54, 1.807) is 0 Å². The van der Waals surface area contributed by atoms with Crippen LogP contribution in [0.3, 0.4) is 0 Å². The Hall–Kier alpha value is -1.83. The largest absolute Gasteiger partial charge is 0.135 e. The van der Waals surface area contributed by atoms with Crippen molar-refractivity contribution in [3.8, 4) is 0 Å². The molecule has 1 atom stereocenters. The molecule has 0 amide bonds. The lowest BCUT2D eigenvalue weighted by Gasteiger charge is -2.22. The summed E-state index contributed by atoms with van der Waals surface area (Å²) in [7, 11) is -1.62. The molecule has 0 fully saturated rings. The standard InChI is InChI=1S/C24H27ClSi/c1-5-19-14-20(6-2)16-21(15-19)26(24-10-8-7-9-22(24)25)23-12-11-17(3)13-18(23)4/h7-16,26H,5-6H2,1-4H3. The lowest BCUT2D eigenvalue weighted by molar-refractivity contribution is 1.09. The minimum atomic E-state index is -1.62. The summed E-state index contributed by atoms with van der Waals surface area (Å²) in [5, 5.41) is 5.15. The Balaban J connectivity index is 2.27. The van der Waals surface area contributed by atoms with Crippen molar-refractivity contribution in [3.63, 3.8) is 0 Å². The lowest BCUT2D eigenvalue weighted by Crippen LogP contribution is -2.53. The molecule has 0 saturated heterocycles. The van der Waals surface area contributed by atoms with Gasteiger partial charge in [-0.25, -0.2) is 0 Å². The Morgan fingerprint density at radius 1 is 0.769 bits per heavy atom. The summed E-state index contributed by atoms with van der Waals surface area (Å²) in [5.74, 6) is 0. The second-order valence-corrected chi connectivity index (χ2v) is 10.3. The van der Waals surface area contributed by atoms with Gasteiger partial charge < -0.3 is 0 Å². The molecule has 134 valence electrons. The number of hydrogen-bond acceptors (Lipinski definition) is 0. The second kappa shape index (κ2) is 8.24. The zero-order valence-electron chi connectivity index (χ0n) is 16.1. The van der Waals surface area contributed by atoms with Crippen LogP contribution in [0.2, 0.25) is 5.02 Å². The highest BCUT2D eigenvalue weighted by atomic mass is 35.5. The smallest absolute Gasteiger partial charge is 0.0845 e. The normalized spacial score (nSPS) is 12.2. The van der Waals surface area contributed by atoms with Crippen LogP contribution in [0.5, 0.6) is 0 Å². The van der Waals surface area contributed by atoms with E-state index in [1.165, 1.54) is 37.8 Å². The number of hydrogen-bond donors (Lipinski definition) is 0. The van der Waals surface area contributed by atoms with Crippen molar-refractivity contribution in [2.24, 2.45) is 0 Å². The second-order valence-electron chi connectivity index (χ2n) is 7.10. The van der Waals surface area contributed by atoms with Crippen molar-refractivity contribution in [2.45, 2.75) is 40.5 Å². The first kappa shape index (κ1) is 18.9. The van der Waals surface area contributed by atoms with Gasteiger partial charge in [0.1, 0.15) is 8.80 Å². The molecular formula is C24H27ClSi. The fourth-order valence-electron chi connectivity index (χ4n) is 3.75. The molecule has 3 aromatic rings.